The summed E-state index contributed by atoms with van der Waals surface area (Å²) in [5, 5.41) is 9.21. The number of halogens is 1. The van der Waals surface area contributed by atoms with Gasteiger partial charge in [-0.3, -0.25) is 9.89 Å². The zero-order valence-corrected chi connectivity index (χ0v) is 21.4. The second kappa shape index (κ2) is 14.2. The number of hydrogen-bond donors (Lipinski definition) is 3. The van der Waals surface area contributed by atoms with Crippen LogP contribution in [-0.2, 0) is 4.74 Å². The molecule has 0 atom stereocenters. The molecule has 3 N–H and O–H groups in total. The quantitative estimate of drug-likeness (QED) is 0.193. The number of rotatable bonds is 8. The number of anilines is 1. The molecule has 1 saturated heterocycles. The Morgan fingerprint density at radius 2 is 1.68 bits per heavy atom. The SMILES string of the molecule is CN=C(NCCCN1CCN(c2ncccn2)CC1)NCCNC(=O)OC(C)(C)C.I. The van der Waals surface area contributed by atoms with E-state index in [-0.39, 0.29) is 24.0 Å². The molecule has 1 amide bonds. The molecule has 0 aromatic carbocycles. The predicted molar refractivity (Wildman–Crippen MR) is 134 cm³/mol. The van der Waals surface area contributed by atoms with Gasteiger partial charge in [-0.05, 0) is 39.8 Å². The molecular formula is C20H37IN8O2. The van der Waals surface area contributed by atoms with E-state index >= 15 is 0 Å². The molecule has 0 aliphatic carbocycles. The standard InChI is InChI=1S/C20H36N8O2.HI/c1-20(2,3)30-19(29)26-11-10-23-17(21-4)22-9-6-12-27-13-15-28(16-14-27)18-24-7-5-8-25-18;/h5,7-8H,6,9-16H2,1-4H3,(H,26,29)(H2,21,22,23);1H. The van der Waals surface area contributed by atoms with Gasteiger partial charge in [0.25, 0.3) is 0 Å². The fourth-order valence-electron chi connectivity index (χ4n) is 3.02. The van der Waals surface area contributed by atoms with Crippen LogP contribution in [0, 0.1) is 0 Å². The normalized spacial score (nSPS) is 15.1. The average molecular weight is 548 g/mol. The summed E-state index contributed by atoms with van der Waals surface area (Å²) in [6, 6.07) is 1.84. The highest BCUT2D eigenvalue weighted by atomic mass is 127. The maximum atomic E-state index is 11.6. The number of amides is 1. The zero-order valence-electron chi connectivity index (χ0n) is 19.1. The summed E-state index contributed by atoms with van der Waals surface area (Å²) in [5.74, 6) is 1.54. The molecule has 1 aliphatic heterocycles. The Labute approximate surface area is 202 Å². The number of ether oxygens (including phenoxy) is 1. The Kier molecular flexibility index (Phi) is 12.5. The van der Waals surface area contributed by atoms with E-state index in [1.165, 1.54) is 0 Å². The van der Waals surface area contributed by atoms with Gasteiger partial charge in [-0.1, -0.05) is 0 Å². The van der Waals surface area contributed by atoms with E-state index in [1.807, 2.05) is 26.8 Å². The largest absolute Gasteiger partial charge is 0.444 e. The van der Waals surface area contributed by atoms with Gasteiger partial charge in [-0.2, -0.15) is 0 Å². The monoisotopic (exact) mass is 548 g/mol. The number of nitrogens with zero attached hydrogens (tertiary/aromatic N) is 5. The maximum absolute atomic E-state index is 11.6. The minimum atomic E-state index is -0.489. The highest BCUT2D eigenvalue weighted by Crippen LogP contribution is 2.09. The Hall–Kier alpha value is -1.89. The van der Waals surface area contributed by atoms with Gasteiger partial charge in [-0.15, -0.1) is 24.0 Å². The number of nitrogens with one attached hydrogen (secondary N) is 3. The lowest BCUT2D eigenvalue weighted by Crippen LogP contribution is -2.48. The number of carbonyl (C=O) groups is 1. The molecule has 1 aliphatic rings. The van der Waals surface area contributed by atoms with Crippen LogP contribution in [-0.4, -0.2) is 91.9 Å². The summed E-state index contributed by atoms with van der Waals surface area (Å²) >= 11 is 0. The first-order valence-corrected chi connectivity index (χ1v) is 10.5. The minimum absolute atomic E-state index is 0. The van der Waals surface area contributed by atoms with E-state index in [0.717, 1.165) is 57.6 Å². The molecule has 0 spiro atoms. The highest BCUT2D eigenvalue weighted by molar-refractivity contribution is 14.0. The fraction of sp³-hybridized carbons (Fsp3) is 0.700. The first-order chi connectivity index (χ1) is 14.4. The van der Waals surface area contributed by atoms with Crippen LogP contribution in [0.5, 0.6) is 0 Å². The molecule has 2 heterocycles. The van der Waals surface area contributed by atoms with Crippen LogP contribution in [0.3, 0.4) is 0 Å². The molecule has 1 fully saturated rings. The van der Waals surface area contributed by atoms with Crippen molar-refractivity contribution in [3.63, 3.8) is 0 Å². The molecule has 1 aromatic heterocycles. The summed E-state index contributed by atoms with van der Waals surface area (Å²) in [7, 11) is 1.74. The van der Waals surface area contributed by atoms with Crippen molar-refractivity contribution in [3.05, 3.63) is 18.5 Å². The van der Waals surface area contributed by atoms with E-state index in [2.05, 4.69) is 40.7 Å². The number of aliphatic imine (C=N–C) groups is 1. The van der Waals surface area contributed by atoms with Crippen molar-refractivity contribution in [3.8, 4) is 0 Å². The molecule has 0 radical (unpaired) electrons. The van der Waals surface area contributed by atoms with Crippen molar-refractivity contribution >= 4 is 42.0 Å². The zero-order chi connectivity index (χ0) is 21.8. The van der Waals surface area contributed by atoms with Crippen LogP contribution in [0.4, 0.5) is 10.7 Å². The Balaban J connectivity index is 0.00000480. The van der Waals surface area contributed by atoms with Crippen molar-refractivity contribution in [1.82, 2.24) is 30.8 Å². The molecule has 31 heavy (non-hydrogen) atoms. The molecule has 0 saturated carbocycles. The van der Waals surface area contributed by atoms with Crippen molar-refractivity contribution in [2.75, 3.05) is 64.3 Å². The summed E-state index contributed by atoms with van der Waals surface area (Å²) in [6.07, 6.45) is 4.19. The molecule has 0 unspecified atom stereocenters. The smallest absolute Gasteiger partial charge is 0.407 e. The van der Waals surface area contributed by atoms with Crippen LogP contribution in [0.25, 0.3) is 0 Å². The lowest BCUT2D eigenvalue weighted by molar-refractivity contribution is 0.0529. The van der Waals surface area contributed by atoms with Gasteiger partial charge in [-0.25, -0.2) is 14.8 Å². The maximum Gasteiger partial charge on any atom is 0.407 e. The summed E-state index contributed by atoms with van der Waals surface area (Å²) in [4.78, 5) is 29.2. The van der Waals surface area contributed by atoms with Crippen LogP contribution in [0.15, 0.2) is 23.5 Å². The Morgan fingerprint density at radius 1 is 1.06 bits per heavy atom. The van der Waals surface area contributed by atoms with E-state index < -0.39 is 11.7 Å². The third kappa shape index (κ3) is 11.3. The second-order valence-electron chi connectivity index (χ2n) is 8.09. The van der Waals surface area contributed by atoms with Crippen molar-refractivity contribution in [2.45, 2.75) is 32.8 Å². The van der Waals surface area contributed by atoms with Crippen LogP contribution in [0.1, 0.15) is 27.2 Å². The van der Waals surface area contributed by atoms with E-state index in [4.69, 9.17) is 4.74 Å². The van der Waals surface area contributed by atoms with E-state index in [1.54, 1.807) is 19.4 Å². The first-order valence-electron chi connectivity index (χ1n) is 10.5. The second-order valence-corrected chi connectivity index (χ2v) is 8.09. The number of guanidine groups is 1. The Bertz CT molecular complexity index is 661. The number of alkyl carbamates (subject to hydrolysis) is 1. The lowest BCUT2D eigenvalue weighted by Gasteiger charge is -2.34. The van der Waals surface area contributed by atoms with Crippen molar-refractivity contribution in [1.29, 1.82) is 0 Å². The predicted octanol–water partition coefficient (Wildman–Crippen LogP) is 1.30. The number of piperazine rings is 1. The third-order valence-electron chi connectivity index (χ3n) is 4.46. The topological polar surface area (TPSA) is 107 Å². The molecule has 176 valence electrons. The molecule has 2 rings (SSSR count). The van der Waals surface area contributed by atoms with Gasteiger partial charge < -0.3 is 25.6 Å². The lowest BCUT2D eigenvalue weighted by atomic mass is 10.2. The minimum Gasteiger partial charge on any atom is -0.444 e. The Morgan fingerprint density at radius 3 is 2.29 bits per heavy atom. The van der Waals surface area contributed by atoms with Crippen molar-refractivity contribution in [2.24, 2.45) is 4.99 Å². The summed E-state index contributed by atoms with van der Waals surface area (Å²) in [5.41, 5.74) is -0.489. The van der Waals surface area contributed by atoms with Crippen molar-refractivity contribution < 1.29 is 9.53 Å². The molecule has 1 aromatic rings. The van der Waals surface area contributed by atoms with Crippen LogP contribution in [0.2, 0.25) is 0 Å². The number of aromatic nitrogens is 2. The van der Waals surface area contributed by atoms with E-state index in [9.17, 15) is 4.79 Å². The van der Waals surface area contributed by atoms with Gasteiger partial charge >= 0.3 is 6.09 Å². The fourth-order valence-corrected chi connectivity index (χ4v) is 3.02. The van der Waals surface area contributed by atoms with E-state index in [0.29, 0.717) is 13.1 Å². The van der Waals surface area contributed by atoms with Gasteiger partial charge in [0, 0.05) is 65.3 Å². The summed E-state index contributed by atoms with van der Waals surface area (Å²) < 4.78 is 5.20. The first kappa shape index (κ1) is 27.1. The van der Waals surface area contributed by atoms with Gasteiger partial charge in [0.1, 0.15) is 5.60 Å². The molecular weight excluding hydrogens is 511 g/mol. The molecule has 0 bridgehead atoms. The molecule has 10 nitrogen and oxygen atoms in total. The number of hydrogen-bond acceptors (Lipinski definition) is 7. The number of carbonyl (C=O) groups excluding carboxylic acids is 1. The van der Waals surface area contributed by atoms with Gasteiger partial charge in [0.05, 0.1) is 0 Å². The highest BCUT2D eigenvalue weighted by Gasteiger charge is 2.18. The molecule has 11 heteroatoms. The van der Waals surface area contributed by atoms with Gasteiger partial charge in [0.15, 0.2) is 5.96 Å². The third-order valence-corrected chi connectivity index (χ3v) is 4.46. The van der Waals surface area contributed by atoms with Gasteiger partial charge in [0.2, 0.25) is 5.95 Å². The average Bonchev–Trinajstić information content (AvgIpc) is 2.72. The van der Waals surface area contributed by atoms with Crippen LogP contribution >= 0.6 is 24.0 Å². The summed E-state index contributed by atoms with van der Waals surface area (Å²) in [6.45, 7) is 12.4. The van der Waals surface area contributed by atoms with Crippen LogP contribution < -0.4 is 20.9 Å².